The summed E-state index contributed by atoms with van der Waals surface area (Å²) in [5.74, 6) is 1.10. The van der Waals surface area contributed by atoms with E-state index in [0.29, 0.717) is 23.0 Å². The highest BCUT2D eigenvalue weighted by Gasteiger charge is 2.57. The fraction of sp³-hybridized carbons (Fsp3) is 0.533. The molecule has 0 aliphatic heterocycles. The number of Topliss-reactive ketones (excluding diaryl/α,β-unsaturated/α-hetero) is 1. The standard InChI is InChI=1S/C15H17ClO2/c1-10-4-5-12(11(16)8-10)18-14-9-13(17)15(14)6-2-3-7-15/h4-5,8,14H,2-3,6-7,9H2,1H3. The third-order valence-electron chi connectivity index (χ3n) is 4.39. The van der Waals surface area contributed by atoms with Gasteiger partial charge in [-0.05, 0) is 37.5 Å². The Kier molecular flexibility index (Phi) is 2.86. The molecule has 1 aromatic rings. The molecule has 0 radical (unpaired) electrons. The third kappa shape index (κ3) is 1.74. The fourth-order valence-corrected chi connectivity index (χ4v) is 3.51. The minimum atomic E-state index is -0.186. The molecule has 1 spiro atoms. The lowest BCUT2D eigenvalue weighted by Gasteiger charge is -2.44. The van der Waals surface area contributed by atoms with Crippen LogP contribution in [0.2, 0.25) is 5.02 Å². The van der Waals surface area contributed by atoms with Crippen molar-refractivity contribution in [2.45, 2.75) is 45.1 Å². The van der Waals surface area contributed by atoms with Crippen molar-refractivity contribution in [3.63, 3.8) is 0 Å². The Morgan fingerprint density at radius 2 is 2.06 bits per heavy atom. The van der Waals surface area contributed by atoms with Crippen LogP contribution < -0.4 is 4.74 Å². The minimum absolute atomic E-state index is 0.0349. The van der Waals surface area contributed by atoms with Crippen LogP contribution in [0.1, 0.15) is 37.7 Å². The molecule has 0 N–H and O–H groups in total. The summed E-state index contributed by atoms with van der Waals surface area (Å²) in [6.07, 6.45) is 4.85. The number of halogens is 1. The van der Waals surface area contributed by atoms with E-state index in [1.54, 1.807) is 0 Å². The van der Waals surface area contributed by atoms with Crippen LogP contribution in [0.3, 0.4) is 0 Å². The number of hydrogen-bond donors (Lipinski definition) is 0. The van der Waals surface area contributed by atoms with Crippen molar-refractivity contribution in [2.24, 2.45) is 5.41 Å². The molecule has 2 nitrogen and oxygen atoms in total. The van der Waals surface area contributed by atoms with E-state index in [9.17, 15) is 4.79 Å². The summed E-state index contributed by atoms with van der Waals surface area (Å²) in [6, 6.07) is 5.80. The molecule has 18 heavy (non-hydrogen) atoms. The average Bonchev–Trinajstić information content (AvgIpc) is 2.83. The number of hydrogen-bond acceptors (Lipinski definition) is 2. The van der Waals surface area contributed by atoms with Gasteiger partial charge in [-0.15, -0.1) is 0 Å². The molecule has 3 rings (SSSR count). The van der Waals surface area contributed by atoms with Gasteiger partial charge < -0.3 is 4.74 Å². The second-order valence-electron chi connectivity index (χ2n) is 5.53. The molecule has 0 heterocycles. The Balaban J connectivity index is 1.79. The van der Waals surface area contributed by atoms with Gasteiger partial charge in [0.05, 0.1) is 10.4 Å². The van der Waals surface area contributed by atoms with Gasteiger partial charge in [-0.25, -0.2) is 0 Å². The summed E-state index contributed by atoms with van der Waals surface area (Å²) in [5, 5.41) is 0.641. The Labute approximate surface area is 112 Å². The number of carbonyl (C=O) groups is 1. The molecule has 0 bridgehead atoms. The molecule has 2 aliphatic carbocycles. The van der Waals surface area contributed by atoms with Gasteiger partial charge in [0.15, 0.2) is 0 Å². The molecule has 1 aromatic carbocycles. The van der Waals surface area contributed by atoms with E-state index < -0.39 is 0 Å². The zero-order chi connectivity index (χ0) is 12.8. The maximum absolute atomic E-state index is 11.9. The summed E-state index contributed by atoms with van der Waals surface area (Å²) in [4.78, 5) is 11.9. The van der Waals surface area contributed by atoms with Crippen LogP contribution in [0.15, 0.2) is 18.2 Å². The molecular formula is C15H17ClO2. The number of aryl methyl sites for hydroxylation is 1. The summed E-state index contributed by atoms with van der Waals surface area (Å²) in [6.45, 7) is 2.00. The summed E-state index contributed by atoms with van der Waals surface area (Å²) in [5.41, 5.74) is 0.932. The molecule has 0 aromatic heterocycles. The maximum atomic E-state index is 11.9. The van der Waals surface area contributed by atoms with Crippen LogP contribution in [0.4, 0.5) is 0 Å². The Hall–Kier alpha value is -1.02. The lowest BCUT2D eigenvalue weighted by molar-refractivity contribution is -0.151. The number of ether oxygens (including phenoxy) is 1. The van der Waals surface area contributed by atoms with Crippen molar-refractivity contribution in [3.8, 4) is 5.75 Å². The van der Waals surface area contributed by atoms with Crippen LogP contribution in [0, 0.1) is 12.3 Å². The lowest BCUT2D eigenvalue weighted by atomic mass is 9.63. The second-order valence-corrected chi connectivity index (χ2v) is 5.94. The van der Waals surface area contributed by atoms with Crippen LogP contribution >= 0.6 is 11.6 Å². The highest BCUT2D eigenvalue weighted by Crippen LogP contribution is 2.52. The Bertz CT molecular complexity index is 489. The van der Waals surface area contributed by atoms with Crippen LogP contribution in [-0.2, 0) is 4.79 Å². The summed E-state index contributed by atoms with van der Waals surface area (Å²) >= 11 is 6.18. The van der Waals surface area contributed by atoms with Gasteiger partial charge in [-0.1, -0.05) is 30.5 Å². The normalized spacial score (nSPS) is 25.2. The highest BCUT2D eigenvalue weighted by molar-refractivity contribution is 6.32. The Morgan fingerprint density at radius 1 is 1.33 bits per heavy atom. The van der Waals surface area contributed by atoms with Crippen molar-refractivity contribution in [2.75, 3.05) is 0 Å². The molecule has 96 valence electrons. The second kappa shape index (κ2) is 4.27. The molecular weight excluding hydrogens is 248 g/mol. The van der Waals surface area contributed by atoms with Crippen LogP contribution in [-0.4, -0.2) is 11.9 Å². The van der Waals surface area contributed by atoms with E-state index in [1.165, 1.54) is 0 Å². The SMILES string of the molecule is Cc1ccc(OC2CC(=O)C23CCCC3)c(Cl)c1. The number of carbonyl (C=O) groups excluding carboxylic acids is 1. The zero-order valence-electron chi connectivity index (χ0n) is 10.5. The van der Waals surface area contributed by atoms with E-state index in [0.717, 1.165) is 31.2 Å². The molecule has 0 amide bonds. The molecule has 3 heteroatoms. The van der Waals surface area contributed by atoms with Crippen LogP contribution in [0.25, 0.3) is 0 Å². The first-order chi connectivity index (χ1) is 8.62. The van der Waals surface area contributed by atoms with Gasteiger partial charge in [-0.3, -0.25) is 4.79 Å². The minimum Gasteiger partial charge on any atom is -0.487 e. The topological polar surface area (TPSA) is 26.3 Å². The van der Waals surface area contributed by atoms with Crippen molar-refractivity contribution in [1.82, 2.24) is 0 Å². The summed E-state index contributed by atoms with van der Waals surface area (Å²) < 4.78 is 5.99. The fourth-order valence-electron chi connectivity index (χ4n) is 3.23. The van der Waals surface area contributed by atoms with Gasteiger partial charge >= 0.3 is 0 Å². The zero-order valence-corrected chi connectivity index (χ0v) is 11.3. The van der Waals surface area contributed by atoms with E-state index >= 15 is 0 Å². The van der Waals surface area contributed by atoms with E-state index in [4.69, 9.17) is 16.3 Å². The molecule has 0 saturated heterocycles. The number of benzene rings is 1. The largest absolute Gasteiger partial charge is 0.487 e. The molecule has 1 atom stereocenters. The van der Waals surface area contributed by atoms with Gasteiger partial charge in [0.25, 0.3) is 0 Å². The first-order valence-electron chi connectivity index (χ1n) is 6.58. The maximum Gasteiger partial charge on any atom is 0.146 e. The number of ketones is 1. The monoisotopic (exact) mass is 264 g/mol. The first kappa shape index (κ1) is 12.0. The molecule has 1 unspecified atom stereocenters. The van der Waals surface area contributed by atoms with E-state index in [1.807, 2.05) is 25.1 Å². The van der Waals surface area contributed by atoms with Crippen molar-refractivity contribution >= 4 is 17.4 Å². The lowest BCUT2D eigenvalue weighted by Crippen LogP contribution is -2.55. The third-order valence-corrected chi connectivity index (χ3v) is 4.69. The van der Waals surface area contributed by atoms with E-state index in [2.05, 4.69) is 0 Å². The first-order valence-corrected chi connectivity index (χ1v) is 6.96. The van der Waals surface area contributed by atoms with Gasteiger partial charge in [0, 0.05) is 6.42 Å². The van der Waals surface area contributed by atoms with Gasteiger partial charge in [-0.2, -0.15) is 0 Å². The number of rotatable bonds is 2. The smallest absolute Gasteiger partial charge is 0.146 e. The van der Waals surface area contributed by atoms with Gasteiger partial charge in [0.2, 0.25) is 0 Å². The van der Waals surface area contributed by atoms with Gasteiger partial charge in [0.1, 0.15) is 17.6 Å². The van der Waals surface area contributed by atoms with E-state index in [-0.39, 0.29) is 11.5 Å². The van der Waals surface area contributed by atoms with Crippen molar-refractivity contribution in [3.05, 3.63) is 28.8 Å². The predicted octanol–water partition coefficient (Wildman–Crippen LogP) is 3.93. The quantitative estimate of drug-likeness (QED) is 0.809. The predicted molar refractivity (Wildman–Crippen MR) is 71.1 cm³/mol. The van der Waals surface area contributed by atoms with Crippen molar-refractivity contribution < 1.29 is 9.53 Å². The molecule has 2 fully saturated rings. The highest BCUT2D eigenvalue weighted by atomic mass is 35.5. The van der Waals surface area contributed by atoms with Crippen LogP contribution in [0.5, 0.6) is 5.75 Å². The average molecular weight is 265 g/mol. The molecule has 2 aliphatic rings. The Morgan fingerprint density at radius 3 is 2.67 bits per heavy atom. The summed E-state index contributed by atoms with van der Waals surface area (Å²) in [7, 11) is 0. The van der Waals surface area contributed by atoms with Crippen molar-refractivity contribution in [1.29, 1.82) is 0 Å². The molecule has 2 saturated carbocycles.